The van der Waals surface area contributed by atoms with Gasteiger partial charge in [-0.25, -0.2) is 0 Å². The van der Waals surface area contributed by atoms with Crippen LogP contribution in [-0.4, -0.2) is 13.0 Å². The molecule has 1 N–H and O–H groups in total. The van der Waals surface area contributed by atoms with Gasteiger partial charge in [0.15, 0.2) is 0 Å². The minimum Gasteiger partial charge on any atom is -0.282 e. The quantitative estimate of drug-likeness (QED) is 0.599. The monoisotopic (exact) mass is 256 g/mol. The lowest BCUT2D eigenvalue weighted by molar-refractivity contribution is 0.482. The van der Waals surface area contributed by atoms with Crippen molar-refractivity contribution in [3.63, 3.8) is 0 Å². The number of hydrogen-bond donors (Lipinski definition) is 2. The number of hydrogen-bond acceptors (Lipinski definition) is 3. The van der Waals surface area contributed by atoms with E-state index in [0.717, 1.165) is 22.5 Å². The maximum atomic E-state index is 11.3. The molecule has 0 unspecified atom stereocenters. The van der Waals surface area contributed by atoms with Gasteiger partial charge in [0, 0.05) is 4.91 Å². The zero-order chi connectivity index (χ0) is 11.9. The Bertz CT molecular complexity index is 571. The van der Waals surface area contributed by atoms with Gasteiger partial charge in [0.1, 0.15) is 0 Å². The molecule has 1 aliphatic carbocycles. The van der Waals surface area contributed by atoms with E-state index < -0.39 is 10.1 Å². The van der Waals surface area contributed by atoms with Gasteiger partial charge < -0.3 is 0 Å². The van der Waals surface area contributed by atoms with Gasteiger partial charge in [-0.2, -0.15) is 8.42 Å². The summed E-state index contributed by atoms with van der Waals surface area (Å²) in [7, 11) is -4.15. The smallest absolute Gasteiger partial charge is 0.282 e. The van der Waals surface area contributed by atoms with Crippen LogP contribution in [0.5, 0.6) is 0 Å². The molecule has 86 valence electrons. The molecule has 0 saturated carbocycles. The van der Waals surface area contributed by atoms with Crippen molar-refractivity contribution in [2.75, 3.05) is 0 Å². The molecule has 16 heavy (non-hydrogen) atoms. The third-order valence-electron chi connectivity index (χ3n) is 2.64. The number of fused-ring (bicyclic) bond motifs is 1. The number of allylic oxidation sites excluding steroid dienone is 1. The standard InChI is InChI=1S/C11H12O3S2/c1-7-5-9-8(3-2-4-10(9)15)11(6-7)16(12,13)14/h4-6,15H,2-3H2,1H3,(H,12,13,14). The molecule has 2 rings (SSSR count). The Labute approximate surface area is 100 Å². The molecule has 0 aromatic heterocycles. The van der Waals surface area contributed by atoms with Gasteiger partial charge in [0.2, 0.25) is 0 Å². The Morgan fingerprint density at radius 3 is 2.69 bits per heavy atom. The Morgan fingerprint density at radius 2 is 2.06 bits per heavy atom. The van der Waals surface area contributed by atoms with Crippen molar-refractivity contribution in [3.05, 3.63) is 34.9 Å². The summed E-state index contributed by atoms with van der Waals surface area (Å²) in [5, 5.41) is 0. The first kappa shape index (κ1) is 11.7. The van der Waals surface area contributed by atoms with Crippen molar-refractivity contribution >= 4 is 27.7 Å². The van der Waals surface area contributed by atoms with E-state index in [1.807, 2.05) is 12.1 Å². The van der Waals surface area contributed by atoms with Crippen LogP contribution in [0.25, 0.3) is 4.91 Å². The molecule has 0 atom stereocenters. The van der Waals surface area contributed by atoms with E-state index in [9.17, 15) is 13.0 Å². The van der Waals surface area contributed by atoms with E-state index >= 15 is 0 Å². The predicted octanol–water partition coefficient (Wildman–Crippen LogP) is 2.46. The second-order valence-corrected chi connectivity index (χ2v) is 5.76. The van der Waals surface area contributed by atoms with Crippen LogP contribution < -0.4 is 0 Å². The van der Waals surface area contributed by atoms with Gasteiger partial charge in [0.05, 0.1) is 4.90 Å². The lowest BCUT2D eigenvalue weighted by Gasteiger charge is -2.18. The summed E-state index contributed by atoms with van der Waals surface area (Å²) >= 11 is 4.32. The predicted molar refractivity (Wildman–Crippen MR) is 66.3 cm³/mol. The van der Waals surface area contributed by atoms with Crippen molar-refractivity contribution in [3.8, 4) is 0 Å². The van der Waals surface area contributed by atoms with Crippen LogP contribution in [0, 0.1) is 6.92 Å². The van der Waals surface area contributed by atoms with Crippen LogP contribution in [0.3, 0.4) is 0 Å². The minimum absolute atomic E-state index is 0.0159. The fourth-order valence-corrected chi connectivity index (χ4v) is 3.15. The summed E-state index contributed by atoms with van der Waals surface area (Å²) in [4.78, 5) is 0.789. The molecule has 0 radical (unpaired) electrons. The Balaban J connectivity index is 2.79. The number of rotatable bonds is 1. The third kappa shape index (κ3) is 2.03. The van der Waals surface area contributed by atoms with Gasteiger partial charge in [-0.05, 0) is 42.5 Å². The van der Waals surface area contributed by atoms with Crippen LogP contribution in [0.15, 0.2) is 23.1 Å². The summed E-state index contributed by atoms with van der Waals surface area (Å²) in [6.45, 7) is 1.80. The van der Waals surface area contributed by atoms with Gasteiger partial charge in [-0.15, -0.1) is 12.6 Å². The first-order chi connectivity index (χ1) is 7.39. The van der Waals surface area contributed by atoms with E-state index in [4.69, 9.17) is 0 Å². The second-order valence-electron chi connectivity index (χ2n) is 3.89. The molecule has 0 saturated heterocycles. The van der Waals surface area contributed by atoms with E-state index in [-0.39, 0.29) is 4.90 Å². The normalized spacial score (nSPS) is 15.6. The number of aryl methyl sites for hydroxylation is 1. The average molecular weight is 256 g/mol. The molecular weight excluding hydrogens is 244 g/mol. The molecule has 0 amide bonds. The first-order valence-corrected chi connectivity index (χ1v) is 6.79. The third-order valence-corrected chi connectivity index (χ3v) is 3.98. The lowest BCUT2D eigenvalue weighted by Crippen LogP contribution is -2.08. The topological polar surface area (TPSA) is 54.4 Å². The SMILES string of the molecule is Cc1cc2c(c(S(=O)(=O)O)c1)CCC=C2S. The van der Waals surface area contributed by atoms with E-state index in [1.165, 1.54) is 6.07 Å². The average Bonchev–Trinajstić information content (AvgIpc) is 2.17. The van der Waals surface area contributed by atoms with E-state index in [1.54, 1.807) is 6.92 Å². The molecule has 1 aliphatic rings. The first-order valence-electron chi connectivity index (χ1n) is 4.90. The van der Waals surface area contributed by atoms with Crippen molar-refractivity contribution in [2.24, 2.45) is 0 Å². The van der Waals surface area contributed by atoms with Crippen molar-refractivity contribution in [1.82, 2.24) is 0 Å². The Hall–Kier alpha value is -0.780. The molecule has 0 fully saturated rings. The number of benzene rings is 1. The molecule has 1 aromatic rings. The highest BCUT2D eigenvalue weighted by atomic mass is 32.2. The van der Waals surface area contributed by atoms with Crippen LogP contribution in [0.2, 0.25) is 0 Å². The minimum atomic E-state index is -4.15. The van der Waals surface area contributed by atoms with Gasteiger partial charge in [-0.1, -0.05) is 12.1 Å². The summed E-state index contributed by atoms with van der Waals surface area (Å²) in [5.74, 6) is 0. The van der Waals surface area contributed by atoms with Crippen LogP contribution >= 0.6 is 12.6 Å². The molecule has 0 aliphatic heterocycles. The highest BCUT2D eigenvalue weighted by Crippen LogP contribution is 2.33. The molecule has 0 spiro atoms. The van der Waals surface area contributed by atoms with E-state index in [2.05, 4.69) is 12.6 Å². The van der Waals surface area contributed by atoms with Crippen molar-refractivity contribution in [2.45, 2.75) is 24.7 Å². The molecular formula is C11H12O3S2. The summed E-state index contributed by atoms with van der Waals surface area (Å²) in [6.07, 6.45) is 3.32. The van der Waals surface area contributed by atoms with E-state index in [0.29, 0.717) is 12.0 Å². The summed E-state index contributed by atoms with van der Waals surface area (Å²) < 4.78 is 31.7. The van der Waals surface area contributed by atoms with Gasteiger partial charge in [-0.3, -0.25) is 4.55 Å². The zero-order valence-electron chi connectivity index (χ0n) is 8.77. The van der Waals surface area contributed by atoms with Gasteiger partial charge >= 0.3 is 0 Å². The lowest BCUT2D eigenvalue weighted by atomic mass is 9.95. The largest absolute Gasteiger partial charge is 0.294 e. The Morgan fingerprint density at radius 1 is 1.38 bits per heavy atom. The fraction of sp³-hybridized carbons (Fsp3) is 0.273. The fourth-order valence-electron chi connectivity index (χ4n) is 1.96. The van der Waals surface area contributed by atoms with Crippen molar-refractivity contribution < 1.29 is 13.0 Å². The molecule has 5 heteroatoms. The maximum Gasteiger partial charge on any atom is 0.294 e. The summed E-state index contributed by atoms with van der Waals surface area (Å²) in [5.41, 5.74) is 2.27. The summed E-state index contributed by atoms with van der Waals surface area (Å²) in [6, 6.07) is 3.39. The molecule has 0 heterocycles. The van der Waals surface area contributed by atoms with Crippen LogP contribution in [0.4, 0.5) is 0 Å². The maximum absolute atomic E-state index is 11.3. The zero-order valence-corrected chi connectivity index (χ0v) is 10.5. The van der Waals surface area contributed by atoms with Crippen LogP contribution in [-0.2, 0) is 16.5 Å². The van der Waals surface area contributed by atoms with Gasteiger partial charge in [0.25, 0.3) is 10.1 Å². The second kappa shape index (κ2) is 3.91. The molecule has 0 bridgehead atoms. The van der Waals surface area contributed by atoms with Crippen LogP contribution in [0.1, 0.15) is 23.1 Å². The molecule has 3 nitrogen and oxygen atoms in total. The highest BCUT2D eigenvalue weighted by Gasteiger charge is 2.21. The number of thiol groups is 1. The molecule has 1 aromatic carbocycles. The van der Waals surface area contributed by atoms with Crippen molar-refractivity contribution in [1.29, 1.82) is 0 Å². The highest BCUT2D eigenvalue weighted by molar-refractivity contribution is 7.90. The Kier molecular flexibility index (Phi) is 2.86.